The fraction of sp³-hybridized carbons (Fsp3) is 0.364. The van der Waals surface area contributed by atoms with Gasteiger partial charge in [-0.05, 0) is 74.4 Å². The normalized spacial score (nSPS) is 13.4. The Morgan fingerprint density at radius 3 is 2.49 bits per heavy atom. The average Bonchev–Trinajstić information content (AvgIpc) is 3.61. The molecule has 6 N–H and O–H groups in total. The topological polar surface area (TPSA) is 166 Å². The van der Waals surface area contributed by atoms with Gasteiger partial charge in [0.05, 0.1) is 12.8 Å². The third-order valence-electron chi connectivity index (χ3n) is 6.87. The highest BCUT2D eigenvalue weighted by Gasteiger charge is 2.29. The number of fused-ring (bicyclic) bond motifs is 1. The van der Waals surface area contributed by atoms with E-state index in [-0.39, 0.29) is 36.6 Å². The lowest BCUT2D eigenvalue weighted by molar-refractivity contribution is -0.119. The molecule has 1 aliphatic heterocycles. The highest BCUT2D eigenvalue weighted by molar-refractivity contribution is 7.15. The lowest BCUT2D eigenvalue weighted by Crippen LogP contribution is -2.33. The summed E-state index contributed by atoms with van der Waals surface area (Å²) in [6.45, 7) is 6.38. The Morgan fingerprint density at radius 1 is 0.956 bits per heavy atom. The third-order valence-corrected chi connectivity index (χ3v) is 7.77. The summed E-state index contributed by atoms with van der Waals surface area (Å²) in [6.07, 6.45) is 6.39. The Hall–Kier alpha value is -4.71. The Labute approximate surface area is 267 Å². The minimum Gasteiger partial charge on any atom is -0.444 e. The molecule has 45 heavy (non-hydrogen) atoms. The average molecular weight is 632 g/mol. The number of anilines is 1. The molecule has 0 atom stereocenters. The van der Waals surface area contributed by atoms with Crippen molar-refractivity contribution >= 4 is 34.4 Å². The molecule has 12 heteroatoms. The number of hydrogen-bond acceptors (Lipinski definition) is 9. The van der Waals surface area contributed by atoms with E-state index in [1.165, 1.54) is 11.3 Å². The minimum atomic E-state index is -0.573. The summed E-state index contributed by atoms with van der Waals surface area (Å²) in [5.74, 6) is -0.144. The highest BCUT2D eigenvalue weighted by Crippen LogP contribution is 2.28. The molecule has 11 nitrogen and oxygen atoms in total. The molecule has 238 valence electrons. The number of aryl methyl sites for hydroxylation is 1. The van der Waals surface area contributed by atoms with Crippen LogP contribution in [-0.2, 0) is 46.7 Å². The van der Waals surface area contributed by atoms with Gasteiger partial charge in [-0.1, -0.05) is 59.9 Å². The summed E-state index contributed by atoms with van der Waals surface area (Å²) >= 11 is 1.35. The molecule has 1 aliphatic rings. The number of allylic oxidation sites excluding steroid dienone is 3. The third kappa shape index (κ3) is 10.8. The van der Waals surface area contributed by atoms with Gasteiger partial charge in [-0.15, -0.1) is 10.2 Å². The number of rotatable bonds is 12. The maximum Gasteiger partial charge on any atom is 0.410 e. The molecule has 0 bridgehead atoms. The standard InChI is InChI=1S/C33H41N7O4S/c1-33(2,3)44-32(43)40-20-24-13-9-12-23(26(24)21-40)19-29(42)37-31-39-38-30(45-31)15-8-7-14-25(34)16-17-27(35)36-28(41)18-22-10-5-4-6-11-22/h4-6,9-13,16-17H,7-8,14-15,18-21,34-35H2,1-3H3,(H,36,41)(H,37,39,42)/b25-16-,27-17+. The lowest BCUT2D eigenvalue weighted by atomic mass is 10.0. The molecule has 2 aromatic carbocycles. The van der Waals surface area contributed by atoms with Crippen molar-refractivity contribution in [3.8, 4) is 0 Å². The van der Waals surface area contributed by atoms with Crippen LogP contribution >= 0.6 is 11.3 Å². The molecular formula is C33H41N7O4S. The summed E-state index contributed by atoms with van der Waals surface area (Å²) in [4.78, 5) is 39.2. The van der Waals surface area contributed by atoms with Crippen LogP contribution in [0.25, 0.3) is 0 Å². The Bertz CT molecular complexity index is 1560. The van der Waals surface area contributed by atoms with E-state index in [1.807, 2.05) is 69.3 Å². The number of carbonyl (C=O) groups is 3. The first-order valence-electron chi connectivity index (χ1n) is 14.9. The van der Waals surface area contributed by atoms with Crippen LogP contribution in [0, 0.1) is 0 Å². The second-order valence-corrected chi connectivity index (χ2v) is 13.0. The van der Waals surface area contributed by atoms with E-state index in [2.05, 4.69) is 20.8 Å². The number of hydrogen-bond donors (Lipinski definition) is 4. The summed E-state index contributed by atoms with van der Waals surface area (Å²) < 4.78 is 5.51. The van der Waals surface area contributed by atoms with E-state index >= 15 is 0 Å². The molecule has 0 spiro atoms. The van der Waals surface area contributed by atoms with Crippen LogP contribution < -0.4 is 22.1 Å². The van der Waals surface area contributed by atoms with E-state index < -0.39 is 5.60 Å². The molecule has 4 rings (SSSR count). The molecule has 0 fully saturated rings. The molecule has 0 unspecified atom stereocenters. The maximum atomic E-state index is 12.8. The molecule has 0 radical (unpaired) electrons. The molecule has 3 aromatic rings. The van der Waals surface area contributed by atoms with Gasteiger partial charge in [0.1, 0.15) is 16.4 Å². The van der Waals surface area contributed by atoms with E-state index in [9.17, 15) is 14.4 Å². The Kier molecular flexibility index (Phi) is 11.3. The Balaban J connectivity index is 1.17. The number of amides is 3. The van der Waals surface area contributed by atoms with Crippen molar-refractivity contribution in [3.05, 3.63) is 99.5 Å². The zero-order chi connectivity index (χ0) is 32.4. The van der Waals surface area contributed by atoms with Gasteiger partial charge in [-0.3, -0.25) is 14.5 Å². The number of ether oxygens (including phenoxy) is 1. The van der Waals surface area contributed by atoms with Crippen molar-refractivity contribution in [3.63, 3.8) is 0 Å². The van der Waals surface area contributed by atoms with Gasteiger partial charge >= 0.3 is 6.09 Å². The van der Waals surface area contributed by atoms with E-state index in [0.29, 0.717) is 36.8 Å². The smallest absolute Gasteiger partial charge is 0.410 e. The van der Waals surface area contributed by atoms with Crippen molar-refractivity contribution in [1.82, 2.24) is 20.4 Å². The molecule has 3 amide bonds. The van der Waals surface area contributed by atoms with Crippen LogP contribution in [0.1, 0.15) is 67.3 Å². The van der Waals surface area contributed by atoms with Gasteiger partial charge in [0, 0.05) is 25.2 Å². The maximum absolute atomic E-state index is 12.8. The number of carbonyl (C=O) groups excluding carboxylic acids is 3. The van der Waals surface area contributed by atoms with Gasteiger partial charge in [-0.2, -0.15) is 0 Å². The van der Waals surface area contributed by atoms with Crippen molar-refractivity contribution in [2.45, 2.75) is 78.0 Å². The van der Waals surface area contributed by atoms with Crippen LogP contribution in [-0.4, -0.2) is 38.6 Å². The van der Waals surface area contributed by atoms with Crippen LogP contribution in [0.15, 0.2) is 72.2 Å². The van der Waals surface area contributed by atoms with Gasteiger partial charge in [-0.25, -0.2) is 4.79 Å². The quantitative estimate of drug-likeness (QED) is 0.165. The highest BCUT2D eigenvalue weighted by atomic mass is 32.1. The predicted octanol–water partition coefficient (Wildman–Crippen LogP) is 4.68. The largest absolute Gasteiger partial charge is 0.444 e. The van der Waals surface area contributed by atoms with E-state index in [4.69, 9.17) is 16.2 Å². The monoisotopic (exact) mass is 631 g/mol. The predicted molar refractivity (Wildman–Crippen MR) is 175 cm³/mol. The minimum absolute atomic E-state index is 0.168. The molecule has 0 saturated heterocycles. The van der Waals surface area contributed by atoms with Gasteiger partial charge in [0.2, 0.25) is 16.9 Å². The van der Waals surface area contributed by atoms with Crippen molar-refractivity contribution in [1.29, 1.82) is 0 Å². The zero-order valence-electron chi connectivity index (χ0n) is 26.0. The first kappa shape index (κ1) is 33.2. The molecule has 0 aliphatic carbocycles. The first-order chi connectivity index (χ1) is 21.4. The number of benzene rings is 2. The van der Waals surface area contributed by atoms with Crippen molar-refractivity contribution in [2.75, 3.05) is 5.32 Å². The number of nitrogens with one attached hydrogen (secondary N) is 2. The first-order valence-corrected chi connectivity index (χ1v) is 15.7. The van der Waals surface area contributed by atoms with Gasteiger partial charge in [0.15, 0.2) is 0 Å². The molecule has 1 aromatic heterocycles. The van der Waals surface area contributed by atoms with Crippen LogP contribution in [0.3, 0.4) is 0 Å². The van der Waals surface area contributed by atoms with Crippen molar-refractivity contribution < 1.29 is 19.1 Å². The summed E-state index contributed by atoms with van der Waals surface area (Å²) in [6, 6.07) is 15.2. The number of unbranched alkanes of at least 4 members (excludes halogenated alkanes) is 1. The molecular weight excluding hydrogens is 590 g/mol. The van der Waals surface area contributed by atoms with Gasteiger partial charge < -0.3 is 26.8 Å². The van der Waals surface area contributed by atoms with E-state index in [1.54, 1.807) is 17.1 Å². The van der Waals surface area contributed by atoms with Crippen LogP contribution in [0.2, 0.25) is 0 Å². The fourth-order valence-corrected chi connectivity index (χ4v) is 5.57. The summed E-state index contributed by atoms with van der Waals surface area (Å²) in [7, 11) is 0. The second kappa shape index (κ2) is 15.3. The van der Waals surface area contributed by atoms with Crippen LogP contribution in [0.5, 0.6) is 0 Å². The fourth-order valence-electron chi connectivity index (χ4n) is 4.77. The number of aromatic nitrogens is 2. The number of nitrogens with zero attached hydrogens (tertiary/aromatic N) is 3. The summed E-state index contributed by atoms with van der Waals surface area (Å²) in [5, 5.41) is 15.1. The Morgan fingerprint density at radius 2 is 1.73 bits per heavy atom. The van der Waals surface area contributed by atoms with Crippen LogP contribution in [0.4, 0.5) is 9.93 Å². The van der Waals surface area contributed by atoms with E-state index in [0.717, 1.165) is 40.1 Å². The SMILES string of the molecule is CC(C)(C)OC(=O)N1Cc2cccc(CC(=O)Nc3nnc(CCCC/C(N)=C/C=C(\N)NC(=O)Cc4ccccc4)s3)c2C1. The number of nitrogens with two attached hydrogens (primary N) is 2. The zero-order valence-corrected chi connectivity index (χ0v) is 26.8. The molecule has 0 saturated carbocycles. The molecule has 2 heterocycles. The lowest BCUT2D eigenvalue weighted by Gasteiger charge is -2.24. The van der Waals surface area contributed by atoms with Crippen molar-refractivity contribution in [2.24, 2.45) is 11.5 Å². The van der Waals surface area contributed by atoms with Gasteiger partial charge in [0.25, 0.3) is 0 Å². The second-order valence-electron chi connectivity index (χ2n) is 11.9. The summed E-state index contributed by atoms with van der Waals surface area (Å²) in [5.41, 5.74) is 15.9.